The molecule has 3 rings (SSSR count). The van der Waals surface area contributed by atoms with E-state index in [4.69, 9.17) is 19.2 Å². The van der Waals surface area contributed by atoms with Crippen LogP contribution < -0.4 is 14.2 Å². The van der Waals surface area contributed by atoms with Crippen molar-refractivity contribution in [1.82, 2.24) is 4.98 Å². The molecule has 0 radical (unpaired) electrons. The maximum absolute atomic E-state index is 11.7. The fourth-order valence-corrected chi connectivity index (χ4v) is 3.70. The molecule has 0 aliphatic carbocycles. The summed E-state index contributed by atoms with van der Waals surface area (Å²) in [5.74, 6) is 1.61. The minimum absolute atomic E-state index is 0.275. The van der Waals surface area contributed by atoms with Crippen molar-refractivity contribution in [1.29, 1.82) is 0 Å². The number of methoxy groups -OCH3 is 3. The van der Waals surface area contributed by atoms with Crippen molar-refractivity contribution < 1.29 is 22.6 Å². The molecular weight excluding hydrogens is 366 g/mol. The number of aromatic nitrogens is 1. The molecule has 0 atom stereocenters. The van der Waals surface area contributed by atoms with E-state index in [0.717, 1.165) is 22.2 Å². The van der Waals surface area contributed by atoms with Crippen LogP contribution in [0.25, 0.3) is 22.2 Å². The third-order valence-electron chi connectivity index (χ3n) is 4.38. The molecule has 6 nitrogen and oxygen atoms in total. The third kappa shape index (κ3) is 3.42. The lowest BCUT2D eigenvalue weighted by Gasteiger charge is -2.16. The van der Waals surface area contributed by atoms with Crippen molar-refractivity contribution in [2.45, 2.75) is 11.8 Å². The van der Waals surface area contributed by atoms with Gasteiger partial charge in [0.2, 0.25) is 5.75 Å². The maximum atomic E-state index is 11.7. The molecule has 0 amide bonds. The van der Waals surface area contributed by atoms with E-state index in [-0.39, 0.29) is 4.90 Å². The summed E-state index contributed by atoms with van der Waals surface area (Å²) in [5.41, 5.74) is 3.21. The van der Waals surface area contributed by atoms with Gasteiger partial charge in [0.1, 0.15) is 0 Å². The first-order valence-corrected chi connectivity index (χ1v) is 10.1. The van der Waals surface area contributed by atoms with E-state index in [1.54, 1.807) is 51.7 Å². The molecule has 3 aromatic rings. The van der Waals surface area contributed by atoms with Gasteiger partial charge in [-0.1, -0.05) is 12.1 Å². The molecule has 0 aliphatic rings. The Labute approximate surface area is 158 Å². The quantitative estimate of drug-likeness (QED) is 0.665. The molecule has 0 N–H and O–H groups in total. The molecular formula is C20H21NO5S. The SMILES string of the molecule is COc1cc2nc(-c3ccc(S(C)(=O)=O)cc3)cc(C)c2c(OC)c1OC. The van der Waals surface area contributed by atoms with E-state index in [0.29, 0.717) is 22.8 Å². The first-order chi connectivity index (χ1) is 12.8. The van der Waals surface area contributed by atoms with Crippen molar-refractivity contribution in [2.75, 3.05) is 27.6 Å². The Morgan fingerprint density at radius 3 is 2.04 bits per heavy atom. The molecule has 7 heteroatoms. The van der Waals surface area contributed by atoms with Crippen LogP contribution in [0.4, 0.5) is 0 Å². The van der Waals surface area contributed by atoms with E-state index < -0.39 is 9.84 Å². The molecule has 0 fully saturated rings. The number of fused-ring (bicyclic) bond motifs is 1. The predicted molar refractivity (Wildman–Crippen MR) is 105 cm³/mol. The van der Waals surface area contributed by atoms with Crippen LogP contribution in [0.2, 0.25) is 0 Å². The number of nitrogens with zero attached hydrogens (tertiary/aromatic N) is 1. The van der Waals surface area contributed by atoms with Gasteiger partial charge in [-0.2, -0.15) is 0 Å². The van der Waals surface area contributed by atoms with E-state index >= 15 is 0 Å². The first kappa shape index (κ1) is 19.0. The van der Waals surface area contributed by atoms with Gasteiger partial charge < -0.3 is 14.2 Å². The van der Waals surface area contributed by atoms with Crippen molar-refractivity contribution in [2.24, 2.45) is 0 Å². The summed E-state index contributed by atoms with van der Waals surface area (Å²) in [6.07, 6.45) is 1.19. The molecule has 1 aromatic heterocycles. The number of benzene rings is 2. The van der Waals surface area contributed by atoms with Gasteiger partial charge in [0.15, 0.2) is 21.3 Å². The molecule has 0 bridgehead atoms. The lowest BCUT2D eigenvalue weighted by atomic mass is 10.0. The highest BCUT2D eigenvalue weighted by atomic mass is 32.2. The smallest absolute Gasteiger partial charge is 0.204 e. The van der Waals surface area contributed by atoms with E-state index in [2.05, 4.69) is 0 Å². The highest BCUT2D eigenvalue weighted by Gasteiger charge is 2.19. The summed E-state index contributed by atoms with van der Waals surface area (Å²) >= 11 is 0. The lowest BCUT2D eigenvalue weighted by Crippen LogP contribution is -1.99. The van der Waals surface area contributed by atoms with Crippen molar-refractivity contribution in [3.05, 3.63) is 42.0 Å². The molecule has 142 valence electrons. The molecule has 2 aromatic carbocycles. The highest BCUT2D eigenvalue weighted by molar-refractivity contribution is 7.90. The van der Waals surface area contributed by atoms with Gasteiger partial charge in [0, 0.05) is 23.3 Å². The maximum Gasteiger partial charge on any atom is 0.204 e. The summed E-state index contributed by atoms with van der Waals surface area (Å²) in [4.78, 5) is 5.00. The average molecular weight is 387 g/mol. The largest absolute Gasteiger partial charge is 0.493 e. The van der Waals surface area contributed by atoms with Crippen LogP contribution in [0.1, 0.15) is 5.56 Å². The topological polar surface area (TPSA) is 74.7 Å². The summed E-state index contributed by atoms with van der Waals surface area (Å²) < 4.78 is 39.7. The Morgan fingerprint density at radius 1 is 0.889 bits per heavy atom. The molecule has 0 saturated heterocycles. The Kier molecular flexibility index (Phi) is 4.97. The molecule has 1 heterocycles. The van der Waals surface area contributed by atoms with Crippen LogP contribution in [0, 0.1) is 6.92 Å². The van der Waals surface area contributed by atoms with Gasteiger partial charge in [-0.25, -0.2) is 13.4 Å². The molecule has 0 aliphatic heterocycles. The van der Waals surface area contributed by atoms with Crippen LogP contribution in [0.3, 0.4) is 0 Å². The lowest BCUT2D eigenvalue weighted by molar-refractivity contribution is 0.327. The van der Waals surface area contributed by atoms with E-state index in [1.165, 1.54) is 6.26 Å². The number of sulfone groups is 1. The fourth-order valence-electron chi connectivity index (χ4n) is 3.07. The van der Waals surface area contributed by atoms with Gasteiger partial charge in [0.05, 0.1) is 37.4 Å². The zero-order valence-corrected chi connectivity index (χ0v) is 16.7. The second-order valence-electron chi connectivity index (χ2n) is 6.16. The van der Waals surface area contributed by atoms with Gasteiger partial charge in [-0.3, -0.25) is 0 Å². The Hall–Kier alpha value is -2.80. The van der Waals surface area contributed by atoms with Gasteiger partial charge in [-0.15, -0.1) is 0 Å². The number of hydrogen-bond donors (Lipinski definition) is 0. The Balaban J connectivity index is 2.22. The predicted octanol–water partition coefficient (Wildman–Crippen LogP) is 3.64. The number of aryl methyl sites for hydroxylation is 1. The standard InChI is InChI=1S/C20H21NO5S/c1-12-10-15(13-6-8-14(9-7-13)27(5,22)23)21-16-11-17(24-2)19(25-3)20(26-4)18(12)16/h6-11H,1-5H3. The van der Waals surface area contributed by atoms with Crippen LogP contribution in [-0.2, 0) is 9.84 Å². The summed E-state index contributed by atoms with van der Waals surface area (Å²) in [6.45, 7) is 1.97. The van der Waals surface area contributed by atoms with Gasteiger partial charge in [-0.05, 0) is 30.7 Å². The van der Waals surface area contributed by atoms with Crippen LogP contribution in [-0.4, -0.2) is 41.0 Å². The summed E-state index contributed by atoms with van der Waals surface area (Å²) in [7, 11) is 1.46. The Bertz CT molecular complexity index is 1110. The second-order valence-corrected chi connectivity index (χ2v) is 8.18. The molecule has 0 spiro atoms. The highest BCUT2D eigenvalue weighted by Crippen LogP contribution is 2.44. The molecule has 27 heavy (non-hydrogen) atoms. The van der Waals surface area contributed by atoms with Crippen molar-refractivity contribution in [3.63, 3.8) is 0 Å². The third-order valence-corrected chi connectivity index (χ3v) is 5.50. The Morgan fingerprint density at radius 2 is 1.52 bits per heavy atom. The minimum atomic E-state index is -3.24. The number of pyridine rings is 1. The number of hydrogen-bond acceptors (Lipinski definition) is 6. The van der Waals surface area contributed by atoms with E-state index in [1.807, 2.05) is 13.0 Å². The first-order valence-electron chi connectivity index (χ1n) is 8.21. The van der Waals surface area contributed by atoms with Crippen molar-refractivity contribution >= 4 is 20.7 Å². The molecule has 0 unspecified atom stereocenters. The zero-order valence-electron chi connectivity index (χ0n) is 15.9. The second kappa shape index (κ2) is 7.08. The van der Waals surface area contributed by atoms with Crippen molar-refractivity contribution in [3.8, 4) is 28.5 Å². The van der Waals surface area contributed by atoms with E-state index in [9.17, 15) is 8.42 Å². The summed E-state index contributed by atoms with van der Waals surface area (Å²) in [5, 5.41) is 0.839. The zero-order chi connectivity index (χ0) is 19.8. The van der Waals surface area contributed by atoms with Crippen LogP contribution in [0.15, 0.2) is 41.3 Å². The normalized spacial score (nSPS) is 11.4. The minimum Gasteiger partial charge on any atom is -0.493 e. The van der Waals surface area contributed by atoms with Gasteiger partial charge >= 0.3 is 0 Å². The molecule has 0 saturated carbocycles. The fraction of sp³-hybridized carbons (Fsp3) is 0.250. The number of ether oxygens (including phenoxy) is 3. The number of rotatable bonds is 5. The van der Waals surface area contributed by atoms with Gasteiger partial charge in [0.25, 0.3) is 0 Å². The van der Waals surface area contributed by atoms with Crippen LogP contribution >= 0.6 is 0 Å². The summed E-state index contributed by atoms with van der Waals surface area (Å²) in [6, 6.07) is 10.4. The average Bonchev–Trinajstić information content (AvgIpc) is 2.65. The van der Waals surface area contributed by atoms with Crippen LogP contribution in [0.5, 0.6) is 17.2 Å². The monoisotopic (exact) mass is 387 g/mol.